The molecule has 2 fully saturated rings. The molecular weight excluding hydrogens is 450 g/mol. The van der Waals surface area contributed by atoms with Gasteiger partial charge < -0.3 is 14.8 Å². The number of ether oxygens (including phenoxy) is 2. The van der Waals surface area contributed by atoms with Gasteiger partial charge in [0.1, 0.15) is 11.3 Å². The number of carbonyl (C=O) groups is 4. The van der Waals surface area contributed by atoms with Crippen molar-refractivity contribution in [3.05, 3.63) is 65.7 Å². The lowest BCUT2D eigenvalue weighted by atomic mass is 9.82. The van der Waals surface area contributed by atoms with Gasteiger partial charge in [0.25, 0.3) is 11.8 Å². The maximum absolute atomic E-state index is 13.0. The van der Waals surface area contributed by atoms with Gasteiger partial charge in [-0.15, -0.1) is 0 Å². The zero-order valence-electron chi connectivity index (χ0n) is 19.4. The zero-order chi connectivity index (χ0) is 24.8. The van der Waals surface area contributed by atoms with Crippen molar-refractivity contribution in [2.45, 2.75) is 37.6 Å². The number of nitrogens with one attached hydrogen (secondary N) is 2. The Morgan fingerprint density at radius 3 is 2.43 bits per heavy atom. The van der Waals surface area contributed by atoms with Gasteiger partial charge in [0.15, 0.2) is 6.61 Å². The Kier molecular flexibility index (Phi) is 7.14. The number of carbonyl (C=O) groups excluding carboxylic acids is 4. The van der Waals surface area contributed by atoms with Crippen LogP contribution in [0.2, 0.25) is 0 Å². The fraction of sp³-hybridized carbons (Fsp3) is 0.308. The molecular formula is C26H27N3O6. The quantitative estimate of drug-likeness (QED) is 0.274. The first-order valence-corrected chi connectivity index (χ1v) is 11.5. The molecule has 2 N–H and O–H groups in total. The van der Waals surface area contributed by atoms with E-state index in [1.165, 1.54) is 7.11 Å². The molecule has 2 aromatic carbocycles. The van der Waals surface area contributed by atoms with E-state index in [1.54, 1.807) is 42.5 Å². The van der Waals surface area contributed by atoms with Crippen LogP contribution in [0.3, 0.4) is 0 Å². The van der Waals surface area contributed by atoms with Crippen LogP contribution < -0.4 is 15.5 Å². The van der Waals surface area contributed by atoms with Crippen molar-refractivity contribution >= 4 is 35.5 Å². The van der Waals surface area contributed by atoms with E-state index in [4.69, 9.17) is 9.47 Å². The highest BCUT2D eigenvalue weighted by Crippen LogP contribution is 2.33. The third-order valence-electron chi connectivity index (χ3n) is 6.18. The summed E-state index contributed by atoms with van der Waals surface area (Å²) in [5.74, 6) is -1.44. The highest BCUT2D eigenvalue weighted by atomic mass is 16.5. The number of imide groups is 1. The molecule has 0 aromatic heterocycles. The molecule has 0 radical (unpaired) electrons. The number of methoxy groups -OCH3 is 1. The standard InChI is InChI=1S/C26H27N3O6/c1-34-21-13-7-6-12-19(21)16-20(18-10-4-2-5-11-18)23(31)35-17-22(30)28-29-24(32)26(27-25(29)33)14-8-3-9-15-26/h2,4-7,10-13,16H,3,8-9,14-15,17H2,1H3,(H,27,33)(H,28,30)/b20-16+. The lowest BCUT2D eigenvalue weighted by Crippen LogP contribution is -2.51. The monoisotopic (exact) mass is 477 g/mol. The number of esters is 1. The number of hydrogen-bond donors (Lipinski definition) is 2. The number of rotatable bonds is 7. The molecule has 1 saturated carbocycles. The van der Waals surface area contributed by atoms with Gasteiger partial charge in [-0.25, -0.2) is 9.59 Å². The minimum Gasteiger partial charge on any atom is -0.496 e. The molecule has 4 rings (SSSR count). The number of amides is 4. The predicted molar refractivity (Wildman–Crippen MR) is 128 cm³/mol. The normalized spacial score (nSPS) is 17.2. The summed E-state index contributed by atoms with van der Waals surface area (Å²) in [6, 6.07) is 15.4. The minimum absolute atomic E-state index is 0.221. The van der Waals surface area contributed by atoms with Crippen molar-refractivity contribution in [3.8, 4) is 5.75 Å². The average Bonchev–Trinajstić information content (AvgIpc) is 3.10. The zero-order valence-corrected chi connectivity index (χ0v) is 19.4. The molecule has 0 atom stereocenters. The molecule has 9 nitrogen and oxygen atoms in total. The average molecular weight is 478 g/mol. The van der Waals surface area contributed by atoms with Gasteiger partial charge >= 0.3 is 12.0 Å². The van der Waals surface area contributed by atoms with Gasteiger partial charge in [0.05, 0.1) is 12.7 Å². The highest BCUT2D eigenvalue weighted by molar-refractivity contribution is 6.22. The first-order valence-electron chi connectivity index (χ1n) is 11.5. The summed E-state index contributed by atoms with van der Waals surface area (Å²) in [5.41, 5.74) is 2.78. The molecule has 1 heterocycles. The smallest absolute Gasteiger partial charge is 0.344 e. The van der Waals surface area contributed by atoms with E-state index in [0.29, 0.717) is 34.7 Å². The summed E-state index contributed by atoms with van der Waals surface area (Å²) in [4.78, 5) is 50.6. The Hall–Kier alpha value is -4.14. The van der Waals surface area contributed by atoms with E-state index < -0.39 is 36.0 Å². The molecule has 0 unspecified atom stereocenters. The summed E-state index contributed by atoms with van der Waals surface area (Å²) >= 11 is 0. The van der Waals surface area contributed by atoms with Crippen molar-refractivity contribution in [3.63, 3.8) is 0 Å². The van der Waals surface area contributed by atoms with Gasteiger partial charge in [-0.1, -0.05) is 67.8 Å². The van der Waals surface area contributed by atoms with Gasteiger partial charge in [-0.2, -0.15) is 5.01 Å². The molecule has 35 heavy (non-hydrogen) atoms. The fourth-order valence-electron chi connectivity index (χ4n) is 4.40. The van der Waals surface area contributed by atoms with Crippen LogP contribution in [0.4, 0.5) is 4.79 Å². The highest BCUT2D eigenvalue weighted by Gasteiger charge is 2.52. The fourth-order valence-corrected chi connectivity index (χ4v) is 4.40. The topological polar surface area (TPSA) is 114 Å². The van der Waals surface area contributed by atoms with Gasteiger partial charge in [0, 0.05) is 5.56 Å². The first-order chi connectivity index (χ1) is 16.9. The molecule has 1 saturated heterocycles. The second kappa shape index (κ2) is 10.4. The summed E-state index contributed by atoms with van der Waals surface area (Å²) in [7, 11) is 1.53. The molecule has 1 aliphatic heterocycles. The van der Waals surface area contributed by atoms with Gasteiger partial charge in [0.2, 0.25) is 0 Å². The van der Waals surface area contributed by atoms with E-state index in [2.05, 4.69) is 10.7 Å². The number of benzene rings is 2. The largest absolute Gasteiger partial charge is 0.496 e. The maximum Gasteiger partial charge on any atom is 0.344 e. The molecule has 9 heteroatoms. The van der Waals surface area contributed by atoms with Crippen LogP contribution >= 0.6 is 0 Å². The van der Waals surface area contributed by atoms with Crippen LogP contribution in [0.15, 0.2) is 54.6 Å². The predicted octanol–water partition coefficient (Wildman–Crippen LogP) is 3.06. The van der Waals surface area contributed by atoms with Crippen molar-refractivity contribution in [2.75, 3.05) is 13.7 Å². The first kappa shape index (κ1) is 24.0. The number of urea groups is 1. The van der Waals surface area contributed by atoms with Crippen LogP contribution in [0, 0.1) is 0 Å². The van der Waals surface area contributed by atoms with Crippen molar-refractivity contribution < 1.29 is 28.7 Å². The molecule has 1 spiro atoms. The van der Waals surface area contributed by atoms with Crippen LogP contribution in [-0.2, 0) is 19.1 Å². The van der Waals surface area contributed by atoms with Crippen LogP contribution in [0.5, 0.6) is 5.75 Å². The molecule has 182 valence electrons. The minimum atomic E-state index is -0.961. The van der Waals surface area contributed by atoms with Crippen LogP contribution in [0.25, 0.3) is 11.6 Å². The summed E-state index contributed by atoms with van der Waals surface area (Å²) in [5, 5.41) is 3.40. The van der Waals surface area contributed by atoms with Crippen molar-refractivity contribution in [1.82, 2.24) is 15.8 Å². The molecule has 2 aliphatic rings. The molecule has 4 amide bonds. The molecule has 2 aromatic rings. The van der Waals surface area contributed by atoms with Crippen LogP contribution in [0.1, 0.15) is 43.2 Å². The molecule has 0 bridgehead atoms. The second-order valence-corrected chi connectivity index (χ2v) is 8.49. The Morgan fingerprint density at radius 2 is 1.71 bits per heavy atom. The summed E-state index contributed by atoms with van der Waals surface area (Å²) in [6.45, 7) is -0.668. The molecule has 1 aliphatic carbocycles. The number of nitrogens with zero attached hydrogens (tertiary/aromatic N) is 1. The van der Waals surface area contributed by atoms with E-state index in [9.17, 15) is 19.2 Å². The lowest BCUT2D eigenvalue weighted by molar-refractivity contribution is -0.146. The Labute approximate surface area is 203 Å². The van der Waals surface area contributed by atoms with Crippen molar-refractivity contribution in [1.29, 1.82) is 0 Å². The Balaban J connectivity index is 1.45. The summed E-state index contributed by atoms with van der Waals surface area (Å²) < 4.78 is 10.6. The number of hydrazine groups is 1. The third-order valence-corrected chi connectivity index (χ3v) is 6.18. The van der Waals surface area contributed by atoms with E-state index in [1.807, 2.05) is 18.2 Å². The van der Waals surface area contributed by atoms with Crippen LogP contribution in [-0.4, -0.2) is 48.1 Å². The third kappa shape index (κ3) is 5.18. The van der Waals surface area contributed by atoms with Gasteiger partial charge in [-0.3, -0.25) is 15.0 Å². The Bertz CT molecular complexity index is 1150. The second-order valence-electron chi connectivity index (χ2n) is 8.49. The van der Waals surface area contributed by atoms with Gasteiger partial charge in [-0.05, 0) is 30.5 Å². The SMILES string of the molecule is COc1ccccc1/C=C(/C(=O)OCC(=O)NN1C(=O)NC2(CCCCC2)C1=O)c1ccccc1. The van der Waals surface area contributed by atoms with E-state index in [-0.39, 0.29) is 5.57 Å². The number of hydrogen-bond acceptors (Lipinski definition) is 6. The number of para-hydroxylation sites is 1. The maximum atomic E-state index is 13.0. The van der Waals surface area contributed by atoms with E-state index in [0.717, 1.165) is 19.3 Å². The Morgan fingerprint density at radius 1 is 1.03 bits per heavy atom. The van der Waals surface area contributed by atoms with E-state index >= 15 is 0 Å². The lowest BCUT2D eigenvalue weighted by Gasteiger charge is -2.30. The summed E-state index contributed by atoms with van der Waals surface area (Å²) in [6.07, 6.45) is 5.34. The van der Waals surface area contributed by atoms with Crippen molar-refractivity contribution in [2.24, 2.45) is 0 Å².